The van der Waals surface area contributed by atoms with Crippen LogP contribution >= 0.6 is 11.8 Å². The minimum atomic E-state index is 0.0369. The Kier molecular flexibility index (Phi) is 6.76. The first-order chi connectivity index (χ1) is 13.2. The number of ether oxygens (including phenoxy) is 1. The molecule has 2 amide bonds. The lowest BCUT2D eigenvalue weighted by Crippen LogP contribution is -2.24. The summed E-state index contributed by atoms with van der Waals surface area (Å²) < 4.78 is 5.13. The molecular weight excluding hydrogens is 360 g/mol. The van der Waals surface area contributed by atoms with E-state index in [9.17, 15) is 9.59 Å². The van der Waals surface area contributed by atoms with Crippen LogP contribution in [-0.4, -0.2) is 31.2 Å². The molecule has 0 unspecified atom stereocenters. The van der Waals surface area contributed by atoms with Gasteiger partial charge in [-0.15, -0.1) is 11.8 Å². The van der Waals surface area contributed by atoms with Crippen LogP contribution < -0.4 is 15.0 Å². The second kappa shape index (κ2) is 9.46. The molecule has 2 aromatic rings. The second-order valence-electron chi connectivity index (χ2n) is 6.37. The summed E-state index contributed by atoms with van der Waals surface area (Å²) in [5.41, 5.74) is 1.96. The van der Waals surface area contributed by atoms with Gasteiger partial charge in [-0.3, -0.25) is 9.59 Å². The van der Waals surface area contributed by atoms with Crippen LogP contribution in [0.4, 0.5) is 5.69 Å². The number of nitrogens with zero attached hydrogens (tertiary/aromatic N) is 1. The van der Waals surface area contributed by atoms with E-state index in [2.05, 4.69) is 5.32 Å². The number of rotatable bonds is 8. The average Bonchev–Trinajstić information content (AvgIpc) is 3.13. The highest BCUT2D eigenvalue weighted by atomic mass is 32.2. The van der Waals surface area contributed by atoms with Gasteiger partial charge in [0.1, 0.15) is 5.75 Å². The maximum atomic E-state index is 12.0. The number of nitrogens with one attached hydrogen (secondary N) is 1. The van der Waals surface area contributed by atoms with Crippen LogP contribution in [0.1, 0.15) is 24.8 Å². The standard InChI is InChI=1S/C21H24N2O3S/c1-26-18-8-10-19(11-9-18)27-14-12-20(24)22-15-16-4-6-17(7-5-16)23-13-2-3-21(23)25/h4-11H,2-3,12-15H2,1H3,(H,22,24). The largest absolute Gasteiger partial charge is 0.497 e. The van der Waals surface area contributed by atoms with Crippen molar-refractivity contribution >= 4 is 29.3 Å². The molecule has 0 bridgehead atoms. The lowest BCUT2D eigenvalue weighted by Gasteiger charge is -2.16. The van der Waals surface area contributed by atoms with Gasteiger partial charge in [-0.05, 0) is 48.4 Å². The number of amides is 2. The summed E-state index contributed by atoms with van der Waals surface area (Å²) in [5.74, 6) is 1.78. The molecule has 1 N–H and O–H groups in total. The molecule has 142 valence electrons. The summed E-state index contributed by atoms with van der Waals surface area (Å²) >= 11 is 1.65. The van der Waals surface area contributed by atoms with Gasteiger partial charge in [0.15, 0.2) is 0 Å². The molecule has 0 aromatic heterocycles. The van der Waals surface area contributed by atoms with Gasteiger partial charge < -0.3 is 15.0 Å². The zero-order chi connectivity index (χ0) is 19.1. The van der Waals surface area contributed by atoms with Crippen molar-refractivity contribution in [2.75, 3.05) is 24.3 Å². The van der Waals surface area contributed by atoms with E-state index in [1.165, 1.54) is 0 Å². The number of thioether (sulfide) groups is 1. The maximum absolute atomic E-state index is 12.0. The van der Waals surface area contributed by atoms with Crippen molar-refractivity contribution < 1.29 is 14.3 Å². The van der Waals surface area contributed by atoms with Crippen LogP contribution in [0.3, 0.4) is 0 Å². The van der Waals surface area contributed by atoms with Crippen LogP contribution in [0.2, 0.25) is 0 Å². The first-order valence-electron chi connectivity index (χ1n) is 9.08. The molecule has 1 saturated heterocycles. The van der Waals surface area contributed by atoms with Crippen molar-refractivity contribution in [1.29, 1.82) is 0 Å². The predicted molar refractivity (Wildman–Crippen MR) is 108 cm³/mol. The van der Waals surface area contributed by atoms with Crippen LogP contribution in [-0.2, 0) is 16.1 Å². The summed E-state index contributed by atoms with van der Waals surface area (Å²) in [5, 5.41) is 2.95. The molecule has 3 rings (SSSR count). The minimum absolute atomic E-state index is 0.0369. The van der Waals surface area contributed by atoms with Gasteiger partial charge in [0.05, 0.1) is 7.11 Å². The third-order valence-electron chi connectivity index (χ3n) is 4.47. The van der Waals surface area contributed by atoms with Gasteiger partial charge in [-0.25, -0.2) is 0 Å². The van der Waals surface area contributed by atoms with Crippen molar-refractivity contribution in [3.05, 3.63) is 54.1 Å². The molecule has 0 radical (unpaired) electrons. The minimum Gasteiger partial charge on any atom is -0.497 e. The molecule has 6 heteroatoms. The highest BCUT2D eigenvalue weighted by Crippen LogP contribution is 2.22. The fourth-order valence-corrected chi connectivity index (χ4v) is 3.79. The molecule has 1 aliphatic heterocycles. The van der Waals surface area contributed by atoms with Crippen molar-refractivity contribution in [2.45, 2.75) is 30.7 Å². The molecule has 27 heavy (non-hydrogen) atoms. The lowest BCUT2D eigenvalue weighted by atomic mass is 10.2. The number of methoxy groups -OCH3 is 1. The first kappa shape index (κ1) is 19.3. The molecule has 1 aliphatic rings. The highest BCUT2D eigenvalue weighted by Gasteiger charge is 2.21. The van der Waals surface area contributed by atoms with Gasteiger partial charge in [0.25, 0.3) is 0 Å². The Labute approximate surface area is 164 Å². The van der Waals surface area contributed by atoms with Crippen LogP contribution in [0.25, 0.3) is 0 Å². The zero-order valence-electron chi connectivity index (χ0n) is 15.4. The Morgan fingerprint density at radius 3 is 2.52 bits per heavy atom. The molecular formula is C21H24N2O3S. The smallest absolute Gasteiger partial charge is 0.227 e. The summed E-state index contributed by atoms with van der Waals surface area (Å²) in [6.45, 7) is 1.29. The number of anilines is 1. The molecule has 0 saturated carbocycles. The van der Waals surface area contributed by atoms with E-state index in [0.29, 0.717) is 19.4 Å². The van der Waals surface area contributed by atoms with Crippen LogP contribution in [0, 0.1) is 0 Å². The van der Waals surface area contributed by atoms with E-state index in [4.69, 9.17) is 4.74 Å². The van der Waals surface area contributed by atoms with Gasteiger partial charge in [-0.1, -0.05) is 12.1 Å². The molecule has 1 fully saturated rings. The van der Waals surface area contributed by atoms with Gasteiger partial charge in [-0.2, -0.15) is 0 Å². The van der Waals surface area contributed by atoms with Crippen molar-refractivity contribution in [1.82, 2.24) is 5.32 Å². The summed E-state index contributed by atoms with van der Waals surface area (Å²) in [4.78, 5) is 26.7. The molecule has 0 atom stereocenters. The van der Waals surface area contributed by atoms with E-state index >= 15 is 0 Å². The molecule has 0 aliphatic carbocycles. The van der Waals surface area contributed by atoms with Gasteiger partial charge in [0, 0.05) is 42.3 Å². The Bertz CT molecular complexity index is 775. The van der Waals surface area contributed by atoms with Crippen LogP contribution in [0.5, 0.6) is 5.75 Å². The predicted octanol–water partition coefficient (Wildman–Crippen LogP) is 3.62. The first-order valence-corrected chi connectivity index (χ1v) is 10.1. The van der Waals surface area contributed by atoms with E-state index < -0.39 is 0 Å². The van der Waals surface area contributed by atoms with Crippen LogP contribution in [0.15, 0.2) is 53.4 Å². The highest BCUT2D eigenvalue weighted by molar-refractivity contribution is 7.99. The molecule has 1 heterocycles. The third kappa shape index (κ3) is 5.50. The van der Waals surface area contributed by atoms with E-state index in [0.717, 1.165) is 40.6 Å². The number of carbonyl (C=O) groups excluding carboxylic acids is 2. The summed E-state index contributed by atoms with van der Waals surface area (Å²) in [6.07, 6.45) is 2.02. The van der Waals surface area contributed by atoms with E-state index in [1.54, 1.807) is 18.9 Å². The Balaban J connectivity index is 1.39. The number of benzene rings is 2. The Hall–Kier alpha value is -2.47. The fourth-order valence-electron chi connectivity index (χ4n) is 2.94. The molecule has 5 nitrogen and oxygen atoms in total. The summed E-state index contributed by atoms with van der Waals surface area (Å²) in [6, 6.07) is 15.7. The third-order valence-corrected chi connectivity index (χ3v) is 5.48. The molecule has 2 aromatic carbocycles. The normalized spacial score (nSPS) is 13.7. The van der Waals surface area contributed by atoms with Gasteiger partial charge >= 0.3 is 0 Å². The van der Waals surface area contributed by atoms with E-state index in [-0.39, 0.29) is 11.8 Å². The topological polar surface area (TPSA) is 58.6 Å². The quantitative estimate of drug-likeness (QED) is 0.706. The Morgan fingerprint density at radius 2 is 1.89 bits per heavy atom. The Morgan fingerprint density at radius 1 is 1.15 bits per heavy atom. The summed E-state index contributed by atoms with van der Waals surface area (Å²) in [7, 11) is 1.64. The molecule has 0 spiro atoms. The monoisotopic (exact) mass is 384 g/mol. The average molecular weight is 385 g/mol. The van der Waals surface area contributed by atoms with Crippen molar-refractivity contribution in [3.63, 3.8) is 0 Å². The van der Waals surface area contributed by atoms with E-state index in [1.807, 2.05) is 53.4 Å². The number of hydrogen-bond acceptors (Lipinski definition) is 4. The van der Waals surface area contributed by atoms with Crippen molar-refractivity contribution in [3.8, 4) is 5.75 Å². The number of hydrogen-bond donors (Lipinski definition) is 1. The second-order valence-corrected chi connectivity index (χ2v) is 7.53. The fraction of sp³-hybridized carbons (Fsp3) is 0.333. The SMILES string of the molecule is COc1ccc(SCCC(=O)NCc2ccc(N3CCCC3=O)cc2)cc1. The van der Waals surface area contributed by atoms with Crippen molar-refractivity contribution in [2.24, 2.45) is 0 Å². The van der Waals surface area contributed by atoms with Gasteiger partial charge in [0.2, 0.25) is 11.8 Å². The zero-order valence-corrected chi connectivity index (χ0v) is 16.3. The maximum Gasteiger partial charge on any atom is 0.227 e. The number of carbonyl (C=O) groups is 2. The lowest BCUT2D eigenvalue weighted by molar-refractivity contribution is -0.121.